The highest BCUT2D eigenvalue weighted by Crippen LogP contribution is 2.36. The first-order valence-corrected chi connectivity index (χ1v) is 7.75. The number of thiophene rings is 1. The molecule has 1 aromatic carbocycles. The van der Waals surface area contributed by atoms with Crippen LogP contribution in [-0.2, 0) is 0 Å². The fourth-order valence-corrected chi connectivity index (χ4v) is 3.57. The van der Waals surface area contributed by atoms with Crippen molar-refractivity contribution in [2.24, 2.45) is 0 Å². The third-order valence-corrected chi connectivity index (χ3v) is 5.17. The molecular formula is C15H13BrOS. The average Bonchev–Trinajstić information content (AvgIpc) is 2.74. The van der Waals surface area contributed by atoms with Gasteiger partial charge in [0.05, 0.1) is 8.66 Å². The largest absolute Gasteiger partial charge is 0.288 e. The van der Waals surface area contributed by atoms with E-state index in [9.17, 15) is 4.79 Å². The van der Waals surface area contributed by atoms with Crippen molar-refractivity contribution < 1.29 is 4.79 Å². The SMILES string of the molecule is O=C(c1ccc(C2CCC2)cc1)c1ccc(Br)s1. The Kier molecular flexibility index (Phi) is 3.35. The Bertz CT molecular complexity index is 566. The van der Waals surface area contributed by atoms with Gasteiger partial charge in [-0.05, 0) is 52.4 Å². The molecule has 1 aliphatic rings. The first-order chi connectivity index (χ1) is 8.74. The summed E-state index contributed by atoms with van der Waals surface area (Å²) < 4.78 is 0.997. The zero-order chi connectivity index (χ0) is 12.5. The molecule has 0 amide bonds. The molecule has 0 bridgehead atoms. The lowest BCUT2D eigenvalue weighted by molar-refractivity contribution is 0.104. The van der Waals surface area contributed by atoms with Crippen LogP contribution in [0.3, 0.4) is 0 Å². The average molecular weight is 321 g/mol. The van der Waals surface area contributed by atoms with E-state index in [4.69, 9.17) is 0 Å². The summed E-state index contributed by atoms with van der Waals surface area (Å²) in [5.41, 5.74) is 2.16. The molecule has 0 aliphatic heterocycles. The molecule has 0 saturated heterocycles. The Morgan fingerprint density at radius 3 is 2.33 bits per heavy atom. The highest BCUT2D eigenvalue weighted by atomic mass is 79.9. The Labute approximate surface area is 119 Å². The standard InChI is InChI=1S/C15H13BrOS/c16-14-9-8-13(18-14)15(17)12-6-4-11(5-7-12)10-2-1-3-10/h4-10H,1-3H2. The van der Waals surface area contributed by atoms with Crippen LogP contribution in [0.25, 0.3) is 0 Å². The molecule has 92 valence electrons. The van der Waals surface area contributed by atoms with E-state index >= 15 is 0 Å². The minimum absolute atomic E-state index is 0.117. The Hall–Kier alpha value is -0.930. The second-order valence-corrected chi connectivity index (χ2v) is 7.15. The van der Waals surface area contributed by atoms with Gasteiger partial charge < -0.3 is 0 Å². The second-order valence-electron chi connectivity index (χ2n) is 4.68. The van der Waals surface area contributed by atoms with Crippen LogP contribution in [0.2, 0.25) is 0 Å². The van der Waals surface area contributed by atoms with Crippen molar-refractivity contribution in [1.29, 1.82) is 0 Å². The van der Waals surface area contributed by atoms with Gasteiger partial charge in [-0.15, -0.1) is 11.3 Å². The van der Waals surface area contributed by atoms with Crippen molar-refractivity contribution in [2.45, 2.75) is 25.2 Å². The normalized spacial score (nSPS) is 15.4. The molecule has 0 N–H and O–H groups in total. The predicted octanol–water partition coefficient (Wildman–Crippen LogP) is 5.01. The number of hydrogen-bond donors (Lipinski definition) is 0. The monoisotopic (exact) mass is 320 g/mol. The topological polar surface area (TPSA) is 17.1 Å². The molecule has 1 saturated carbocycles. The highest BCUT2D eigenvalue weighted by molar-refractivity contribution is 9.11. The van der Waals surface area contributed by atoms with Gasteiger partial charge in [-0.25, -0.2) is 0 Å². The Morgan fingerprint density at radius 1 is 1.11 bits per heavy atom. The lowest BCUT2D eigenvalue weighted by Crippen LogP contribution is -2.09. The van der Waals surface area contributed by atoms with Crippen LogP contribution in [0, 0.1) is 0 Å². The molecule has 2 aromatic rings. The maximum Gasteiger partial charge on any atom is 0.202 e. The summed E-state index contributed by atoms with van der Waals surface area (Å²) in [7, 11) is 0. The van der Waals surface area contributed by atoms with Crippen LogP contribution < -0.4 is 0 Å². The first kappa shape index (κ1) is 12.1. The number of halogens is 1. The van der Waals surface area contributed by atoms with Crippen LogP contribution in [0.4, 0.5) is 0 Å². The summed E-state index contributed by atoms with van der Waals surface area (Å²) in [5.74, 6) is 0.843. The fourth-order valence-electron chi connectivity index (χ4n) is 2.23. The molecule has 1 aliphatic carbocycles. The molecule has 0 radical (unpaired) electrons. The molecule has 1 aromatic heterocycles. The summed E-state index contributed by atoms with van der Waals surface area (Å²) in [4.78, 5) is 13.0. The zero-order valence-electron chi connectivity index (χ0n) is 9.86. The number of benzene rings is 1. The van der Waals surface area contributed by atoms with Crippen molar-refractivity contribution in [2.75, 3.05) is 0 Å². The van der Waals surface area contributed by atoms with E-state index < -0.39 is 0 Å². The van der Waals surface area contributed by atoms with Crippen molar-refractivity contribution in [3.8, 4) is 0 Å². The van der Waals surface area contributed by atoms with Crippen molar-refractivity contribution in [1.82, 2.24) is 0 Å². The van der Waals surface area contributed by atoms with Crippen molar-refractivity contribution in [3.05, 3.63) is 56.2 Å². The van der Waals surface area contributed by atoms with Crippen molar-refractivity contribution >= 4 is 33.0 Å². The quantitative estimate of drug-likeness (QED) is 0.726. The number of hydrogen-bond acceptors (Lipinski definition) is 2. The van der Waals surface area contributed by atoms with Gasteiger partial charge in [0.15, 0.2) is 0 Å². The fraction of sp³-hybridized carbons (Fsp3) is 0.267. The van der Waals surface area contributed by atoms with Gasteiger partial charge >= 0.3 is 0 Å². The van der Waals surface area contributed by atoms with Crippen LogP contribution in [0.5, 0.6) is 0 Å². The number of carbonyl (C=O) groups is 1. The lowest BCUT2D eigenvalue weighted by atomic mass is 9.80. The number of ketones is 1. The van der Waals surface area contributed by atoms with Gasteiger partial charge in [-0.2, -0.15) is 0 Å². The van der Waals surface area contributed by atoms with E-state index in [1.54, 1.807) is 0 Å². The van der Waals surface area contributed by atoms with E-state index in [1.165, 1.54) is 36.2 Å². The van der Waals surface area contributed by atoms with Gasteiger partial charge in [0, 0.05) is 5.56 Å². The van der Waals surface area contributed by atoms with E-state index in [0.29, 0.717) is 0 Å². The molecule has 1 heterocycles. The summed E-state index contributed by atoms with van der Waals surface area (Å²) in [5, 5.41) is 0. The van der Waals surface area contributed by atoms with Gasteiger partial charge in [0.2, 0.25) is 5.78 Å². The van der Waals surface area contributed by atoms with Crippen LogP contribution in [0.15, 0.2) is 40.2 Å². The maximum atomic E-state index is 12.2. The van der Waals surface area contributed by atoms with Crippen LogP contribution in [-0.4, -0.2) is 5.78 Å². The van der Waals surface area contributed by atoms with E-state index in [0.717, 1.165) is 20.1 Å². The van der Waals surface area contributed by atoms with Gasteiger partial charge in [0.25, 0.3) is 0 Å². The lowest BCUT2D eigenvalue weighted by Gasteiger charge is -2.25. The van der Waals surface area contributed by atoms with Gasteiger partial charge in [-0.3, -0.25) is 4.79 Å². The second kappa shape index (κ2) is 4.98. The first-order valence-electron chi connectivity index (χ1n) is 6.14. The zero-order valence-corrected chi connectivity index (χ0v) is 12.3. The molecule has 0 atom stereocenters. The van der Waals surface area contributed by atoms with E-state index in [-0.39, 0.29) is 5.78 Å². The van der Waals surface area contributed by atoms with Gasteiger partial charge in [0.1, 0.15) is 0 Å². The summed E-state index contributed by atoms with van der Waals surface area (Å²) >= 11 is 4.87. The number of carbonyl (C=O) groups excluding carboxylic acids is 1. The smallest absolute Gasteiger partial charge is 0.202 e. The van der Waals surface area contributed by atoms with Crippen LogP contribution in [0.1, 0.15) is 46.0 Å². The molecule has 3 rings (SSSR count). The summed E-state index contributed by atoms with van der Waals surface area (Å²) in [6.07, 6.45) is 3.94. The molecule has 0 spiro atoms. The van der Waals surface area contributed by atoms with E-state index in [2.05, 4.69) is 28.1 Å². The molecule has 1 nitrogen and oxygen atoms in total. The summed E-state index contributed by atoms with van der Waals surface area (Å²) in [6.45, 7) is 0. The molecule has 3 heteroatoms. The number of rotatable bonds is 3. The predicted molar refractivity (Wildman–Crippen MR) is 78.5 cm³/mol. The molecule has 18 heavy (non-hydrogen) atoms. The van der Waals surface area contributed by atoms with Gasteiger partial charge in [-0.1, -0.05) is 30.7 Å². The Balaban J connectivity index is 1.81. The third kappa shape index (κ3) is 2.29. The molecule has 0 unspecified atom stereocenters. The third-order valence-electron chi connectivity index (χ3n) is 3.55. The molecular weight excluding hydrogens is 308 g/mol. The van der Waals surface area contributed by atoms with Crippen LogP contribution >= 0.6 is 27.3 Å². The minimum atomic E-state index is 0.117. The minimum Gasteiger partial charge on any atom is -0.288 e. The highest BCUT2D eigenvalue weighted by Gasteiger charge is 2.19. The maximum absolute atomic E-state index is 12.2. The summed E-state index contributed by atoms with van der Waals surface area (Å²) in [6, 6.07) is 11.9. The Morgan fingerprint density at radius 2 is 1.83 bits per heavy atom. The van der Waals surface area contributed by atoms with E-state index in [1.807, 2.05) is 24.3 Å². The molecule has 1 fully saturated rings. The van der Waals surface area contributed by atoms with Crippen molar-refractivity contribution in [3.63, 3.8) is 0 Å².